The first-order valence-corrected chi connectivity index (χ1v) is 12.7. The normalized spacial score (nSPS) is 10.3. The summed E-state index contributed by atoms with van der Waals surface area (Å²) in [6.45, 7) is 4.74. The molecule has 1 N–H and O–H groups in total. The molecule has 0 aliphatic rings. The van der Waals surface area contributed by atoms with Crippen LogP contribution in [0.25, 0.3) is 0 Å². The van der Waals surface area contributed by atoms with E-state index in [0.29, 0.717) is 6.61 Å². The van der Waals surface area contributed by atoms with Gasteiger partial charge in [-0.15, -0.1) is 0 Å². The van der Waals surface area contributed by atoms with Gasteiger partial charge in [0.2, 0.25) is 0 Å². The van der Waals surface area contributed by atoms with Crippen LogP contribution >= 0.6 is 0 Å². The lowest BCUT2D eigenvalue weighted by Crippen LogP contribution is -2.13. The van der Waals surface area contributed by atoms with E-state index in [1.807, 2.05) is 6.07 Å². The first-order chi connectivity index (χ1) is 16.6. The van der Waals surface area contributed by atoms with Crippen molar-refractivity contribution >= 4 is 11.9 Å². The SMILES string of the molecule is CCCCCCCCOC(=O)c1cc(CCCCCCCC)ccc1C(=O)O.c1ncncn1. The number of carboxylic acid groups (broad SMARTS) is 1. The van der Waals surface area contributed by atoms with Crippen molar-refractivity contribution in [1.29, 1.82) is 0 Å². The molecule has 188 valence electrons. The van der Waals surface area contributed by atoms with Crippen molar-refractivity contribution in [2.24, 2.45) is 0 Å². The number of carboxylic acids is 1. The molecular weight excluding hydrogens is 430 g/mol. The molecule has 2 rings (SSSR count). The zero-order valence-electron chi connectivity index (χ0n) is 20.9. The van der Waals surface area contributed by atoms with Gasteiger partial charge in [-0.05, 0) is 37.0 Å². The van der Waals surface area contributed by atoms with Crippen LogP contribution in [0.3, 0.4) is 0 Å². The van der Waals surface area contributed by atoms with Crippen LogP contribution in [0.5, 0.6) is 0 Å². The second kappa shape index (κ2) is 19.6. The molecule has 1 aromatic heterocycles. The van der Waals surface area contributed by atoms with Crippen molar-refractivity contribution in [1.82, 2.24) is 15.0 Å². The van der Waals surface area contributed by atoms with Gasteiger partial charge in [0.15, 0.2) is 0 Å². The Morgan fingerprint density at radius 3 is 1.79 bits per heavy atom. The molecule has 0 saturated heterocycles. The zero-order chi connectivity index (χ0) is 24.9. The smallest absolute Gasteiger partial charge is 0.339 e. The third-order valence-electron chi connectivity index (χ3n) is 5.48. The maximum atomic E-state index is 12.4. The van der Waals surface area contributed by atoms with Gasteiger partial charge in [-0.2, -0.15) is 0 Å². The van der Waals surface area contributed by atoms with Crippen LogP contribution in [0.15, 0.2) is 37.2 Å². The lowest BCUT2D eigenvalue weighted by atomic mass is 9.99. The van der Waals surface area contributed by atoms with E-state index in [4.69, 9.17) is 4.74 Å². The van der Waals surface area contributed by atoms with Crippen LogP contribution < -0.4 is 0 Å². The minimum absolute atomic E-state index is 0.0274. The fraction of sp³-hybridized carbons (Fsp3) is 0.593. The molecule has 0 bridgehead atoms. The number of carbonyl (C=O) groups excluding carboxylic acids is 1. The molecule has 0 radical (unpaired) electrons. The maximum Gasteiger partial charge on any atom is 0.339 e. The van der Waals surface area contributed by atoms with Gasteiger partial charge in [0.1, 0.15) is 19.0 Å². The third-order valence-corrected chi connectivity index (χ3v) is 5.48. The van der Waals surface area contributed by atoms with Gasteiger partial charge < -0.3 is 9.84 Å². The Labute approximate surface area is 204 Å². The van der Waals surface area contributed by atoms with E-state index in [9.17, 15) is 14.7 Å². The summed E-state index contributed by atoms with van der Waals surface area (Å²) in [5.74, 6) is -1.60. The summed E-state index contributed by atoms with van der Waals surface area (Å²) in [5, 5.41) is 9.39. The van der Waals surface area contributed by atoms with Gasteiger partial charge >= 0.3 is 11.9 Å². The Balaban J connectivity index is 0.000000830. The number of nitrogens with zero attached hydrogens (tertiary/aromatic N) is 3. The van der Waals surface area contributed by atoms with E-state index in [2.05, 4.69) is 28.8 Å². The molecule has 0 aliphatic carbocycles. The van der Waals surface area contributed by atoms with E-state index in [0.717, 1.165) is 37.7 Å². The molecule has 34 heavy (non-hydrogen) atoms. The molecule has 0 saturated carbocycles. The van der Waals surface area contributed by atoms with Crippen molar-refractivity contribution in [3.63, 3.8) is 0 Å². The molecule has 0 atom stereocenters. The second-order valence-corrected chi connectivity index (χ2v) is 8.40. The lowest BCUT2D eigenvalue weighted by molar-refractivity contribution is 0.0487. The Bertz CT molecular complexity index is 773. The van der Waals surface area contributed by atoms with Crippen molar-refractivity contribution in [2.75, 3.05) is 6.61 Å². The fourth-order valence-corrected chi connectivity index (χ4v) is 3.54. The van der Waals surface area contributed by atoms with Gasteiger partial charge in [-0.3, -0.25) is 0 Å². The summed E-state index contributed by atoms with van der Waals surface area (Å²) in [6, 6.07) is 5.06. The summed E-state index contributed by atoms with van der Waals surface area (Å²) in [5.41, 5.74) is 1.22. The third kappa shape index (κ3) is 13.7. The molecule has 7 nitrogen and oxygen atoms in total. The second-order valence-electron chi connectivity index (χ2n) is 8.40. The molecule has 0 unspecified atom stereocenters. The van der Waals surface area contributed by atoms with E-state index in [-0.39, 0.29) is 11.1 Å². The van der Waals surface area contributed by atoms with Crippen molar-refractivity contribution in [3.05, 3.63) is 53.9 Å². The summed E-state index contributed by atoms with van der Waals surface area (Å²) in [6.07, 6.45) is 19.1. The predicted molar refractivity (Wildman–Crippen MR) is 134 cm³/mol. The largest absolute Gasteiger partial charge is 0.478 e. The highest BCUT2D eigenvalue weighted by Gasteiger charge is 2.18. The first-order valence-electron chi connectivity index (χ1n) is 12.7. The van der Waals surface area contributed by atoms with Crippen molar-refractivity contribution in [2.45, 2.75) is 97.3 Å². The molecular formula is C27H41N3O4. The average molecular weight is 472 g/mol. The van der Waals surface area contributed by atoms with Gasteiger partial charge in [0.25, 0.3) is 0 Å². The monoisotopic (exact) mass is 471 g/mol. The number of carbonyl (C=O) groups is 2. The number of esters is 1. The molecule has 0 amide bonds. The molecule has 1 aromatic carbocycles. The van der Waals surface area contributed by atoms with E-state index in [1.54, 1.807) is 6.07 Å². The number of aromatic carboxylic acids is 1. The van der Waals surface area contributed by atoms with Crippen LogP contribution in [0.1, 0.15) is 117 Å². The highest BCUT2D eigenvalue weighted by molar-refractivity contribution is 6.02. The molecule has 1 heterocycles. The quantitative estimate of drug-likeness (QED) is 0.215. The van der Waals surface area contributed by atoms with E-state index in [1.165, 1.54) is 76.4 Å². The number of benzene rings is 1. The number of aromatic nitrogens is 3. The number of hydrogen-bond donors (Lipinski definition) is 1. The van der Waals surface area contributed by atoms with E-state index >= 15 is 0 Å². The van der Waals surface area contributed by atoms with Crippen molar-refractivity contribution < 1.29 is 19.4 Å². The predicted octanol–water partition coefficient (Wildman–Crippen LogP) is 6.68. The molecule has 0 fully saturated rings. The summed E-state index contributed by atoms with van der Waals surface area (Å²) in [7, 11) is 0. The Morgan fingerprint density at radius 2 is 1.26 bits per heavy atom. The molecule has 2 aromatic rings. The lowest BCUT2D eigenvalue weighted by Gasteiger charge is -2.10. The Kier molecular flexibility index (Phi) is 16.9. The standard InChI is InChI=1S/C24H38O4.C3H3N3/c1-3-5-7-9-11-13-15-20-16-17-21(23(25)26)22(19-20)24(27)28-18-14-12-10-8-6-4-2;1-4-2-6-3-5-1/h16-17,19H,3-15,18H2,1-2H3,(H,25,26);1-3H. The fourth-order valence-electron chi connectivity index (χ4n) is 3.54. The molecule has 0 spiro atoms. The Hall–Kier alpha value is -2.83. The average Bonchev–Trinajstić information content (AvgIpc) is 2.86. The minimum atomic E-state index is -1.09. The summed E-state index contributed by atoms with van der Waals surface area (Å²) in [4.78, 5) is 34.6. The summed E-state index contributed by atoms with van der Waals surface area (Å²) >= 11 is 0. The van der Waals surface area contributed by atoms with Crippen LogP contribution in [0.4, 0.5) is 0 Å². The molecule has 0 aliphatic heterocycles. The number of rotatable bonds is 16. The van der Waals surface area contributed by atoms with Gasteiger partial charge in [0.05, 0.1) is 17.7 Å². The summed E-state index contributed by atoms with van der Waals surface area (Å²) < 4.78 is 5.35. The molecule has 7 heteroatoms. The van der Waals surface area contributed by atoms with Crippen LogP contribution in [0.2, 0.25) is 0 Å². The minimum Gasteiger partial charge on any atom is -0.478 e. The van der Waals surface area contributed by atoms with Gasteiger partial charge in [-0.25, -0.2) is 24.5 Å². The van der Waals surface area contributed by atoms with Gasteiger partial charge in [-0.1, -0.05) is 84.1 Å². The highest BCUT2D eigenvalue weighted by atomic mass is 16.5. The van der Waals surface area contributed by atoms with Crippen molar-refractivity contribution in [3.8, 4) is 0 Å². The van der Waals surface area contributed by atoms with Gasteiger partial charge in [0, 0.05) is 0 Å². The number of ether oxygens (including phenoxy) is 1. The number of hydrogen-bond acceptors (Lipinski definition) is 6. The van der Waals surface area contributed by atoms with E-state index < -0.39 is 11.9 Å². The maximum absolute atomic E-state index is 12.4. The number of aryl methyl sites for hydroxylation is 1. The van der Waals surface area contributed by atoms with Crippen LogP contribution in [-0.2, 0) is 11.2 Å². The highest BCUT2D eigenvalue weighted by Crippen LogP contribution is 2.17. The van der Waals surface area contributed by atoms with Crippen LogP contribution in [0, 0.1) is 0 Å². The van der Waals surface area contributed by atoms with Crippen LogP contribution in [-0.4, -0.2) is 38.6 Å². The Morgan fingerprint density at radius 1 is 0.735 bits per heavy atom. The zero-order valence-corrected chi connectivity index (χ0v) is 20.9. The topological polar surface area (TPSA) is 102 Å². The first kappa shape index (κ1) is 29.2. The number of unbranched alkanes of at least 4 members (excludes halogenated alkanes) is 10.